The second kappa shape index (κ2) is 9.87. The zero-order valence-electron chi connectivity index (χ0n) is 20.7. The van der Waals surface area contributed by atoms with E-state index in [0.717, 1.165) is 8.95 Å². The Balaban J connectivity index is 1.49. The standard InChI is InChI=1S/C33H26Br2NP/c1-33(2)25-11-3-7-15-29(25)36(30-16-8-4-12-26(30)33)23-19-21-24(22-20-23)37(31-17-9-5-13-27(31)34)32-18-10-6-14-28(32)35/h3-22H,1-2H3. The third-order valence-corrected chi connectivity index (χ3v) is 11.7. The van der Waals surface area contributed by atoms with Crippen molar-refractivity contribution in [3.8, 4) is 0 Å². The van der Waals surface area contributed by atoms with E-state index in [4.69, 9.17) is 0 Å². The maximum atomic E-state index is 3.83. The van der Waals surface area contributed by atoms with E-state index < -0.39 is 7.92 Å². The van der Waals surface area contributed by atoms with E-state index in [-0.39, 0.29) is 5.41 Å². The van der Waals surface area contributed by atoms with Crippen LogP contribution in [0.4, 0.5) is 17.1 Å². The summed E-state index contributed by atoms with van der Waals surface area (Å²) in [5.41, 5.74) is 6.31. The van der Waals surface area contributed by atoms with Gasteiger partial charge in [-0.05, 0) is 71.4 Å². The molecule has 37 heavy (non-hydrogen) atoms. The first kappa shape index (κ1) is 24.6. The summed E-state index contributed by atoms with van der Waals surface area (Å²) in [5.74, 6) is 0. The van der Waals surface area contributed by atoms with Crippen molar-refractivity contribution >= 4 is 72.8 Å². The van der Waals surface area contributed by atoms with Crippen LogP contribution >= 0.6 is 39.8 Å². The molecule has 0 atom stereocenters. The zero-order valence-corrected chi connectivity index (χ0v) is 24.8. The molecule has 6 rings (SSSR count). The summed E-state index contributed by atoms with van der Waals surface area (Å²) < 4.78 is 2.28. The molecule has 0 aliphatic carbocycles. The number of rotatable bonds is 4. The highest BCUT2D eigenvalue weighted by molar-refractivity contribution is 9.11. The number of anilines is 3. The molecule has 0 amide bonds. The Kier molecular flexibility index (Phi) is 6.57. The monoisotopic (exact) mass is 625 g/mol. The lowest BCUT2D eigenvalue weighted by molar-refractivity contribution is 0.632. The van der Waals surface area contributed by atoms with Crippen molar-refractivity contribution in [1.29, 1.82) is 0 Å². The quantitative estimate of drug-likeness (QED) is 0.180. The topological polar surface area (TPSA) is 3.24 Å². The van der Waals surface area contributed by atoms with E-state index in [2.05, 4.69) is 172 Å². The molecular weight excluding hydrogens is 601 g/mol. The van der Waals surface area contributed by atoms with Crippen molar-refractivity contribution in [3.05, 3.63) is 141 Å². The number of benzene rings is 5. The molecule has 1 heterocycles. The molecule has 0 spiro atoms. The summed E-state index contributed by atoms with van der Waals surface area (Å²) in [6.07, 6.45) is 0. The Hall–Kier alpha value is -2.71. The molecule has 0 fully saturated rings. The minimum Gasteiger partial charge on any atom is -0.310 e. The van der Waals surface area contributed by atoms with E-state index in [0.29, 0.717) is 0 Å². The number of hydrogen-bond donors (Lipinski definition) is 0. The predicted molar refractivity (Wildman–Crippen MR) is 167 cm³/mol. The average Bonchev–Trinajstić information content (AvgIpc) is 2.92. The molecule has 0 unspecified atom stereocenters. The van der Waals surface area contributed by atoms with Gasteiger partial charge < -0.3 is 4.90 Å². The van der Waals surface area contributed by atoms with E-state index in [1.165, 1.54) is 44.1 Å². The van der Waals surface area contributed by atoms with Crippen LogP contribution in [0.1, 0.15) is 25.0 Å². The van der Waals surface area contributed by atoms with Crippen LogP contribution in [-0.4, -0.2) is 0 Å². The molecule has 0 saturated heterocycles. The lowest BCUT2D eigenvalue weighted by atomic mass is 9.73. The van der Waals surface area contributed by atoms with Gasteiger partial charge in [0.15, 0.2) is 0 Å². The molecule has 0 N–H and O–H groups in total. The summed E-state index contributed by atoms with van der Waals surface area (Å²) in [6.45, 7) is 4.65. The smallest absolute Gasteiger partial charge is 0.0502 e. The van der Waals surface area contributed by atoms with Gasteiger partial charge in [-0.15, -0.1) is 0 Å². The third kappa shape index (κ3) is 4.28. The maximum Gasteiger partial charge on any atom is 0.0502 e. The molecule has 5 aromatic rings. The summed E-state index contributed by atoms with van der Waals surface area (Å²) in [6, 6.07) is 44.0. The van der Waals surface area contributed by atoms with Gasteiger partial charge in [0.05, 0.1) is 11.4 Å². The van der Waals surface area contributed by atoms with Crippen molar-refractivity contribution in [2.45, 2.75) is 19.3 Å². The molecule has 182 valence electrons. The zero-order chi connectivity index (χ0) is 25.6. The number of nitrogens with zero attached hydrogens (tertiary/aromatic N) is 1. The van der Waals surface area contributed by atoms with Crippen LogP contribution in [0.5, 0.6) is 0 Å². The van der Waals surface area contributed by atoms with Crippen LogP contribution in [0.15, 0.2) is 130 Å². The van der Waals surface area contributed by atoms with Crippen molar-refractivity contribution in [2.75, 3.05) is 4.90 Å². The maximum absolute atomic E-state index is 3.83. The van der Waals surface area contributed by atoms with Gasteiger partial charge in [-0.1, -0.05) is 131 Å². The van der Waals surface area contributed by atoms with E-state index in [9.17, 15) is 0 Å². The lowest BCUT2D eigenvalue weighted by Gasteiger charge is -2.42. The average molecular weight is 627 g/mol. The Bertz CT molecular complexity index is 1500. The highest BCUT2D eigenvalue weighted by Gasteiger charge is 2.36. The van der Waals surface area contributed by atoms with Crippen molar-refractivity contribution in [1.82, 2.24) is 0 Å². The Labute approximate surface area is 237 Å². The van der Waals surface area contributed by atoms with Crippen LogP contribution in [-0.2, 0) is 5.41 Å². The van der Waals surface area contributed by atoms with E-state index in [1.54, 1.807) is 0 Å². The van der Waals surface area contributed by atoms with Gasteiger partial charge >= 0.3 is 0 Å². The van der Waals surface area contributed by atoms with Crippen molar-refractivity contribution in [3.63, 3.8) is 0 Å². The molecule has 0 bridgehead atoms. The predicted octanol–water partition coefficient (Wildman–Crippen LogP) is 9.08. The van der Waals surface area contributed by atoms with Gasteiger partial charge in [0.25, 0.3) is 0 Å². The molecule has 4 heteroatoms. The number of fused-ring (bicyclic) bond motifs is 2. The van der Waals surface area contributed by atoms with Gasteiger partial charge in [-0.2, -0.15) is 0 Å². The number of para-hydroxylation sites is 2. The molecule has 1 nitrogen and oxygen atoms in total. The fourth-order valence-corrected chi connectivity index (χ4v) is 9.32. The first-order chi connectivity index (χ1) is 18.0. The molecule has 5 aromatic carbocycles. The largest absolute Gasteiger partial charge is 0.310 e. The lowest BCUT2D eigenvalue weighted by Crippen LogP contribution is -2.30. The second-order valence-corrected chi connectivity index (χ2v) is 13.6. The fourth-order valence-electron chi connectivity index (χ4n) is 5.37. The van der Waals surface area contributed by atoms with Gasteiger partial charge in [0, 0.05) is 20.0 Å². The van der Waals surface area contributed by atoms with Gasteiger partial charge in [-0.25, -0.2) is 0 Å². The summed E-state index contributed by atoms with van der Waals surface area (Å²) in [4.78, 5) is 2.42. The minimum absolute atomic E-state index is 0.0584. The summed E-state index contributed by atoms with van der Waals surface area (Å²) in [5, 5.41) is 3.94. The Morgan fingerprint density at radius 3 is 1.46 bits per heavy atom. The van der Waals surface area contributed by atoms with Crippen LogP contribution < -0.4 is 20.8 Å². The van der Waals surface area contributed by atoms with Gasteiger partial charge in [-0.3, -0.25) is 0 Å². The number of hydrogen-bond acceptors (Lipinski definition) is 1. The molecule has 1 aliphatic heterocycles. The molecule has 0 saturated carbocycles. The van der Waals surface area contributed by atoms with Crippen LogP contribution in [0, 0.1) is 0 Å². The molecule has 0 aromatic heterocycles. The van der Waals surface area contributed by atoms with Crippen LogP contribution in [0.2, 0.25) is 0 Å². The third-order valence-electron chi connectivity index (χ3n) is 7.19. The highest BCUT2D eigenvalue weighted by Crippen LogP contribution is 2.51. The second-order valence-electron chi connectivity index (χ2n) is 9.75. The fraction of sp³-hybridized carbons (Fsp3) is 0.0909. The Morgan fingerprint density at radius 1 is 0.541 bits per heavy atom. The van der Waals surface area contributed by atoms with Crippen molar-refractivity contribution in [2.24, 2.45) is 0 Å². The first-order valence-electron chi connectivity index (χ1n) is 12.4. The number of halogens is 2. The SMILES string of the molecule is CC1(C)c2ccccc2N(c2ccc(P(c3ccccc3Br)c3ccccc3Br)cc2)c2ccccc21. The molecule has 1 aliphatic rings. The first-order valence-corrected chi connectivity index (χ1v) is 15.3. The summed E-state index contributed by atoms with van der Waals surface area (Å²) >= 11 is 7.66. The Morgan fingerprint density at radius 2 is 0.973 bits per heavy atom. The minimum atomic E-state index is -0.750. The molecule has 0 radical (unpaired) electrons. The summed E-state index contributed by atoms with van der Waals surface area (Å²) in [7, 11) is -0.750. The van der Waals surface area contributed by atoms with Crippen LogP contribution in [0.3, 0.4) is 0 Å². The van der Waals surface area contributed by atoms with Crippen LogP contribution in [0.25, 0.3) is 0 Å². The molecular formula is C33H26Br2NP. The van der Waals surface area contributed by atoms with Crippen molar-refractivity contribution < 1.29 is 0 Å². The highest BCUT2D eigenvalue weighted by atomic mass is 79.9. The van der Waals surface area contributed by atoms with E-state index >= 15 is 0 Å². The van der Waals surface area contributed by atoms with Gasteiger partial charge in [0.2, 0.25) is 0 Å². The normalized spacial score (nSPS) is 13.8. The van der Waals surface area contributed by atoms with E-state index in [1.807, 2.05) is 0 Å². The van der Waals surface area contributed by atoms with Gasteiger partial charge in [0.1, 0.15) is 0 Å².